The summed E-state index contributed by atoms with van der Waals surface area (Å²) in [5.41, 5.74) is 5.26. The molecule has 0 unspecified atom stereocenters. The summed E-state index contributed by atoms with van der Waals surface area (Å²) in [6.07, 6.45) is 0. The minimum absolute atomic E-state index is 0.316. The lowest BCUT2D eigenvalue weighted by Crippen LogP contribution is -2.19. The maximum absolute atomic E-state index is 12.4. The quantitative estimate of drug-likeness (QED) is 0.327. The van der Waals surface area contributed by atoms with E-state index >= 15 is 0 Å². The molecule has 3 aromatic rings. The van der Waals surface area contributed by atoms with Gasteiger partial charge in [0.05, 0.1) is 17.3 Å². The molecule has 3 rings (SSSR count). The van der Waals surface area contributed by atoms with Gasteiger partial charge in [0.1, 0.15) is 18.1 Å². The van der Waals surface area contributed by atoms with Crippen molar-refractivity contribution in [3.63, 3.8) is 0 Å². The number of amides is 1. The minimum atomic E-state index is -0.316. The third-order valence-electron chi connectivity index (χ3n) is 4.40. The van der Waals surface area contributed by atoms with Gasteiger partial charge in [0, 0.05) is 16.1 Å². The fourth-order valence-corrected chi connectivity index (χ4v) is 3.31. The highest BCUT2D eigenvalue weighted by atomic mass is 35.5. The lowest BCUT2D eigenvalue weighted by atomic mass is 10.1. The summed E-state index contributed by atoms with van der Waals surface area (Å²) in [4.78, 5) is 12.4. The summed E-state index contributed by atoms with van der Waals surface area (Å²) in [6, 6.07) is 19.7. The van der Waals surface area contributed by atoms with Crippen LogP contribution in [0.4, 0.5) is 0 Å². The molecule has 1 amide bonds. The third kappa shape index (κ3) is 6.48. The molecule has 31 heavy (non-hydrogen) atoms. The molecule has 0 saturated heterocycles. The van der Waals surface area contributed by atoms with Gasteiger partial charge in [-0.3, -0.25) is 4.79 Å². The van der Waals surface area contributed by atoms with E-state index in [4.69, 9.17) is 32.7 Å². The number of nitrogens with zero attached hydrogens (tertiary/aromatic N) is 1. The first kappa shape index (κ1) is 22.7. The Morgan fingerprint density at radius 3 is 2.19 bits per heavy atom. The van der Waals surface area contributed by atoms with Crippen LogP contribution in [0.2, 0.25) is 10.0 Å². The highest BCUT2D eigenvalue weighted by Crippen LogP contribution is 2.22. The van der Waals surface area contributed by atoms with Crippen molar-refractivity contribution in [1.29, 1.82) is 0 Å². The van der Waals surface area contributed by atoms with Crippen molar-refractivity contribution in [2.45, 2.75) is 20.5 Å². The van der Waals surface area contributed by atoms with Gasteiger partial charge in [-0.1, -0.05) is 41.4 Å². The van der Waals surface area contributed by atoms with Crippen LogP contribution >= 0.6 is 23.2 Å². The fourth-order valence-electron chi connectivity index (χ4n) is 2.76. The Morgan fingerprint density at radius 1 is 0.935 bits per heavy atom. The molecule has 0 aliphatic rings. The third-order valence-corrected chi connectivity index (χ3v) is 4.95. The van der Waals surface area contributed by atoms with Crippen LogP contribution in [0.5, 0.6) is 11.5 Å². The SMILES string of the molecule is CCOc1ccc(OCc2ccc(C(=O)N/N=C(/C)c3ccc(Cl)cc3Cl)cc2)cc1. The molecule has 0 aliphatic heterocycles. The maximum atomic E-state index is 12.4. The van der Waals surface area contributed by atoms with Gasteiger partial charge in [0.2, 0.25) is 0 Å². The van der Waals surface area contributed by atoms with E-state index in [0.29, 0.717) is 40.1 Å². The summed E-state index contributed by atoms with van der Waals surface area (Å²) in [6.45, 7) is 4.72. The van der Waals surface area contributed by atoms with E-state index in [0.717, 1.165) is 17.1 Å². The van der Waals surface area contributed by atoms with Crippen molar-refractivity contribution in [2.75, 3.05) is 6.61 Å². The largest absolute Gasteiger partial charge is 0.494 e. The number of carbonyl (C=O) groups is 1. The number of rotatable bonds is 8. The smallest absolute Gasteiger partial charge is 0.271 e. The molecule has 5 nitrogen and oxygen atoms in total. The number of benzene rings is 3. The molecule has 0 bridgehead atoms. The van der Waals surface area contributed by atoms with Crippen molar-refractivity contribution < 1.29 is 14.3 Å². The highest BCUT2D eigenvalue weighted by molar-refractivity contribution is 6.37. The van der Waals surface area contributed by atoms with E-state index in [-0.39, 0.29) is 5.91 Å². The van der Waals surface area contributed by atoms with Crippen molar-refractivity contribution >= 4 is 34.8 Å². The molecule has 0 aromatic heterocycles. The number of halogens is 2. The molecule has 0 radical (unpaired) electrons. The second-order valence-electron chi connectivity index (χ2n) is 6.65. The Bertz CT molecular complexity index is 1070. The Labute approximate surface area is 191 Å². The van der Waals surface area contributed by atoms with Gasteiger partial charge >= 0.3 is 0 Å². The van der Waals surface area contributed by atoms with Crippen LogP contribution < -0.4 is 14.9 Å². The van der Waals surface area contributed by atoms with E-state index in [1.54, 1.807) is 37.3 Å². The van der Waals surface area contributed by atoms with Gasteiger partial charge < -0.3 is 9.47 Å². The van der Waals surface area contributed by atoms with Gasteiger partial charge in [-0.2, -0.15) is 5.10 Å². The molecule has 0 aliphatic carbocycles. The average molecular weight is 457 g/mol. The summed E-state index contributed by atoms with van der Waals surface area (Å²) in [5, 5.41) is 5.15. The van der Waals surface area contributed by atoms with Gasteiger partial charge in [-0.05, 0) is 67.9 Å². The zero-order chi connectivity index (χ0) is 22.2. The number of hydrogen-bond donors (Lipinski definition) is 1. The second-order valence-corrected chi connectivity index (χ2v) is 7.50. The molecule has 3 aromatic carbocycles. The second kappa shape index (κ2) is 10.8. The molecular weight excluding hydrogens is 435 g/mol. The van der Waals surface area contributed by atoms with Crippen LogP contribution in [-0.4, -0.2) is 18.2 Å². The van der Waals surface area contributed by atoms with Crippen LogP contribution in [0, 0.1) is 0 Å². The van der Waals surface area contributed by atoms with Crippen LogP contribution in [0.1, 0.15) is 35.3 Å². The lowest BCUT2D eigenvalue weighted by molar-refractivity contribution is 0.0955. The standard InChI is InChI=1S/C24H22Cl2N2O3/c1-3-30-20-9-11-21(12-10-20)31-15-17-4-6-18(7-5-17)24(29)28-27-16(2)22-13-8-19(25)14-23(22)26/h4-14H,3,15H2,1-2H3,(H,28,29)/b27-16-. The molecule has 160 valence electrons. The first-order valence-corrected chi connectivity index (χ1v) is 10.5. The molecular formula is C24H22Cl2N2O3. The van der Waals surface area contributed by atoms with Crippen LogP contribution in [0.25, 0.3) is 0 Å². The Balaban J connectivity index is 1.55. The first-order chi connectivity index (χ1) is 15.0. The number of carbonyl (C=O) groups excluding carboxylic acids is 1. The molecule has 0 atom stereocenters. The molecule has 1 N–H and O–H groups in total. The number of ether oxygens (including phenoxy) is 2. The van der Waals surface area contributed by atoms with Crippen LogP contribution in [0.15, 0.2) is 71.8 Å². The normalized spacial score (nSPS) is 11.2. The zero-order valence-corrected chi connectivity index (χ0v) is 18.7. The van der Waals surface area contributed by atoms with E-state index < -0.39 is 0 Å². The predicted molar refractivity (Wildman–Crippen MR) is 125 cm³/mol. The molecule has 0 spiro atoms. The first-order valence-electron chi connectivity index (χ1n) is 9.71. The fraction of sp³-hybridized carbons (Fsp3) is 0.167. The highest BCUT2D eigenvalue weighted by Gasteiger charge is 2.08. The van der Waals surface area contributed by atoms with Gasteiger partial charge in [0.25, 0.3) is 5.91 Å². The van der Waals surface area contributed by atoms with E-state index in [9.17, 15) is 4.79 Å². The van der Waals surface area contributed by atoms with Gasteiger partial charge in [0.15, 0.2) is 0 Å². The van der Waals surface area contributed by atoms with E-state index in [1.165, 1.54) is 0 Å². The van der Waals surface area contributed by atoms with E-state index in [2.05, 4.69) is 10.5 Å². The van der Waals surface area contributed by atoms with Crippen molar-refractivity contribution in [1.82, 2.24) is 5.43 Å². The maximum Gasteiger partial charge on any atom is 0.271 e. The van der Waals surface area contributed by atoms with Crippen LogP contribution in [-0.2, 0) is 6.61 Å². The number of nitrogens with one attached hydrogen (secondary N) is 1. The Hall–Kier alpha value is -3.02. The topological polar surface area (TPSA) is 59.9 Å². The zero-order valence-electron chi connectivity index (χ0n) is 17.2. The van der Waals surface area contributed by atoms with Gasteiger partial charge in [-0.15, -0.1) is 0 Å². The minimum Gasteiger partial charge on any atom is -0.494 e. The van der Waals surface area contributed by atoms with Crippen molar-refractivity contribution in [2.24, 2.45) is 5.10 Å². The number of hydrogen-bond acceptors (Lipinski definition) is 4. The van der Waals surface area contributed by atoms with Crippen molar-refractivity contribution in [3.8, 4) is 11.5 Å². The summed E-state index contributed by atoms with van der Waals surface area (Å²) >= 11 is 12.1. The van der Waals surface area contributed by atoms with E-state index in [1.807, 2.05) is 43.3 Å². The van der Waals surface area contributed by atoms with Crippen molar-refractivity contribution in [3.05, 3.63) is 93.5 Å². The summed E-state index contributed by atoms with van der Waals surface area (Å²) in [7, 11) is 0. The van der Waals surface area contributed by atoms with Crippen LogP contribution in [0.3, 0.4) is 0 Å². The molecule has 0 saturated carbocycles. The monoisotopic (exact) mass is 456 g/mol. The number of hydrazone groups is 1. The Morgan fingerprint density at radius 2 is 1.58 bits per heavy atom. The molecule has 7 heteroatoms. The Kier molecular flexibility index (Phi) is 7.93. The molecule has 0 fully saturated rings. The molecule has 0 heterocycles. The summed E-state index contributed by atoms with van der Waals surface area (Å²) < 4.78 is 11.2. The van der Waals surface area contributed by atoms with Gasteiger partial charge in [-0.25, -0.2) is 5.43 Å². The average Bonchev–Trinajstić information content (AvgIpc) is 2.77. The predicted octanol–water partition coefficient (Wildman–Crippen LogP) is 6.13. The lowest BCUT2D eigenvalue weighted by Gasteiger charge is -2.09. The summed E-state index contributed by atoms with van der Waals surface area (Å²) in [5.74, 6) is 1.24.